The van der Waals surface area contributed by atoms with E-state index in [0.29, 0.717) is 26.2 Å². The number of hydrogen-bond donors (Lipinski definition) is 1. The van der Waals surface area contributed by atoms with Crippen molar-refractivity contribution in [1.29, 1.82) is 0 Å². The first-order valence-corrected chi connectivity index (χ1v) is 8.36. The van der Waals surface area contributed by atoms with E-state index in [1.165, 1.54) is 16.7 Å². The molecule has 0 spiro atoms. The summed E-state index contributed by atoms with van der Waals surface area (Å²) in [4.78, 5) is 0.214. The molecule has 2 N–H and O–H groups in total. The predicted molar refractivity (Wildman–Crippen MR) is 74.7 cm³/mol. The molecule has 0 aromatic carbocycles. The molecule has 8 heteroatoms. The lowest BCUT2D eigenvalue weighted by Crippen LogP contribution is -2.37. The summed E-state index contributed by atoms with van der Waals surface area (Å²) in [7, 11) is -3.51. The van der Waals surface area contributed by atoms with Gasteiger partial charge in [-0.05, 0) is 12.8 Å². The fourth-order valence-corrected chi connectivity index (χ4v) is 3.73. The van der Waals surface area contributed by atoms with Crippen LogP contribution in [0.1, 0.15) is 19.8 Å². The van der Waals surface area contributed by atoms with Crippen LogP contribution >= 0.6 is 0 Å². The highest BCUT2D eigenvalue weighted by Gasteiger charge is 2.28. The average molecular weight is 302 g/mol. The van der Waals surface area contributed by atoms with Crippen molar-refractivity contribution in [3.63, 3.8) is 0 Å². The molecular formula is C12H22N4O3S. The van der Waals surface area contributed by atoms with E-state index in [2.05, 4.69) is 5.10 Å². The average Bonchev–Trinajstić information content (AvgIpc) is 3.07. The second kappa shape index (κ2) is 6.66. The van der Waals surface area contributed by atoms with Gasteiger partial charge in [-0.1, -0.05) is 6.92 Å². The molecule has 1 aliphatic rings. The molecule has 0 aliphatic carbocycles. The molecule has 2 rings (SSSR count). The first-order valence-electron chi connectivity index (χ1n) is 6.92. The largest absolute Gasteiger partial charge is 0.377 e. The van der Waals surface area contributed by atoms with Gasteiger partial charge in [-0.15, -0.1) is 0 Å². The van der Waals surface area contributed by atoms with Crippen LogP contribution in [0.2, 0.25) is 0 Å². The van der Waals surface area contributed by atoms with E-state index in [4.69, 9.17) is 10.5 Å². The van der Waals surface area contributed by atoms with Crippen LogP contribution < -0.4 is 5.73 Å². The van der Waals surface area contributed by atoms with E-state index in [1.807, 2.05) is 6.92 Å². The van der Waals surface area contributed by atoms with Crippen LogP contribution in [0.4, 0.5) is 0 Å². The van der Waals surface area contributed by atoms with Gasteiger partial charge in [-0.2, -0.15) is 9.40 Å². The Morgan fingerprint density at radius 1 is 1.60 bits per heavy atom. The maximum absolute atomic E-state index is 12.6. The van der Waals surface area contributed by atoms with Gasteiger partial charge in [0.05, 0.1) is 18.8 Å². The SMILES string of the molecule is CCN(CC1CCCO1)S(=O)(=O)c1cnn(CCN)c1. The van der Waals surface area contributed by atoms with Crippen molar-refractivity contribution in [1.82, 2.24) is 14.1 Å². The quantitative estimate of drug-likeness (QED) is 0.767. The minimum Gasteiger partial charge on any atom is -0.377 e. The molecule has 2 heterocycles. The van der Waals surface area contributed by atoms with Crippen molar-refractivity contribution in [2.45, 2.75) is 37.3 Å². The topological polar surface area (TPSA) is 90.5 Å². The molecule has 0 amide bonds. The fraction of sp³-hybridized carbons (Fsp3) is 0.750. The van der Waals surface area contributed by atoms with Gasteiger partial charge in [0, 0.05) is 32.4 Å². The van der Waals surface area contributed by atoms with Crippen molar-refractivity contribution < 1.29 is 13.2 Å². The molecule has 1 aliphatic heterocycles. The number of ether oxygens (including phenoxy) is 1. The molecule has 1 saturated heterocycles. The van der Waals surface area contributed by atoms with E-state index in [1.54, 1.807) is 4.68 Å². The number of likely N-dealkylation sites (N-methyl/N-ethyl adjacent to an activating group) is 1. The van der Waals surface area contributed by atoms with Crippen molar-refractivity contribution in [2.24, 2.45) is 5.73 Å². The van der Waals surface area contributed by atoms with Gasteiger partial charge < -0.3 is 10.5 Å². The maximum Gasteiger partial charge on any atom is 0.246 e. The van der Waals surface area contributed by atoms with Crippen LogP contribution in [-0.4, -0.2) is 54.8 Å². The van der Waals surface area contributed by atoms with Gasteiger partial charge in [-0.3, -0.25) is 4.68 Å². The van der Waals surface area contributed by atoms with Crippen LogP contribution in [0.15, 0.2) is 17.3 Å². The Morgan fingerprint density at radius 3 is 3.00 bits per heavy atom. The van der Waals surface area contributed by atoms with Crippen molar-refractivity contribution in [3.05, 3.63) is 12.4 Å². The first-order chi connectivity index (χ1) is 9.57. The molecule has 1 fully saturated rings. The smallest absolute Gasteiger partial charge is 0.246 e. The number of aromatic nitrogens is 2. The van der Waals surface area contributed by atoms with E-state index >= 15 is 0 Å². The number of hydrogen-bond acceptors (Lipinski definition) is 5. The zero-order chi connectivity index (χ0) is 14.6. The highest BCUT2D eigenvalue weighted by Crippen LogP contribution is 2.19. The molecule has 1 aromatic rings. The van der Waals surface area contributed by atoms with Crippen LogP contribution in [0, 0.1) is 0 Å². The van der Waals surface area contributed by atoms with Crippen LogP contribution in [-0.2, 0) is 21.3 Å². The summed E-state index contributed by atoms with van der Waals surface area (Å²) in [6.45, 7) is 4.31. The summed E-state index contributed by atoms with van der Waals surface area (Å²) in [5.41, 5.74) is 5.44. The number of sulfonamides is 1. The second-order valence-corrected chi connectivity index (χ2v) is 6.76. The van der Waals surface area contributed by atoms with E-state index < -0.39 is 10.0 Å². The molecular weight excluding hydrogens is 280 g/mol. The summed E-state index contributed by atoms with van der Waals surface area (Å²) >= 11 is 0. The van der Waals surface area contributed by atoms with Crippen molar-refractivity contribution in [3.8, 4) is 0 Å². The normalized spacial score (nSPS) is 19.9. The van der Waals surface area contributed by atoms with Crippen molar-refractivity contribution in [2.75, 3.05) is 26.2 Å². The Labute approximate surface area is 119 Å². The minimum absolute atomic E-state index is 0.00353. The van der Waals surface area contributed by atoms with Gasteiger partial charge in [0.1, 0.15) is 4.90 Å². The summed E-state index contributed by atoms with van der Waals surface area (Å²) in [5, 5.41) is 4.02. The summed E-state index contributed by atoms with van der Waals surface area (Å²) in [6, 6.07) is 0. The first kappa shape index (κ1) is 15.4. The van der Waals surface area contributed by atoms with Gasteiger partial charge in [0.15, 0.2) is 0 Å². The molecule has 7 nitrogen and oxygen atoms in total. The highest BCUT2D eigenvalue weighted by atomic mass is 32.2. The van der Waals surface area contributed by atoms with Crippen LogP contribution in [0.3, 0.4) is 0 Å². The molecule has 1 atom stereocenters. The van der Waals surface area contributed by atoms with Crippen LogP contribution in [0.25, 0.3) is 0 Å². The fourth-order valence-electron chi connectivity index (χ4n) is 2.29. The van der Waals surface area contributed by atoms with Crippen LogP contribution in [0.5, 0.6) is 0 Å². The van der Waals surface area contributed by atoms with E-state index in [0.717, 1.165) is 19.4 Å². The summed E-state index contributed by atoms with van der Waals surface area (Å²) in [5.74, 6) is 0. The third-order valence-electron chi connectivity index (χ3n) is 3.39. The Kier molecular flexibility index (Phi) is 5.14. The van der Waals surface area contributed by atoms with E-state index in [-0.39, 0.29) is 11.0 Å². The molecule has 0 bridgehead atoms. The van der Waals surface area contributed by atoms with Gasteiger partial charge in [-0.25, -0.2) is 8.42 Å². The zero-order valence-electron chi connectivity index (χ0n) is 11.7. The third kappa shape index (κ3) is 3.38. The van der Waals surface area contributed by atoms with Gasteiger partial charge in [0.25, 0.3) is 0 Å². The van der Waals surface area contributed by atoms with E-state index in [9.17, 15) is 8.42 Å². The second-order valence-electron chi connectivity index (χ2n) is 4.82. The molecule has 0 saturated carbocycles. The standard InChI is InChI=1S/C12H22N4O3S/c1-2-16(9-11-4-3-7-19-11)20(17,18)12-8-14-15(10-12)6-5-13/h8,10-11H,2-7,9,13H2,1H3. The summed E-state index contributed by atoms with van der Waals surface area (Å²) < 4.78 is 33.6. The Balaban J connectivity index is 2.12. The number of rotatable bonds is 7. The Hall–Kier alpha value is -0.960. The monoisotopic (exact) mass is 302 g/mol. The Morgan fingerprint density at radius 2 is 2.40 bits per heavy atom. The molecule has 1 unspecified atom stereocenters. The Bertz CT molecular complexity index is 523. The summed E-state index contributed by atoms with van der Waals surface area (Å²) in [6.07, 6.45) is 4.82. The number of nitrogens with zero attached hydrogens (tertiary/aromatic N) is 3. The lowest BCUT2D eigenvalue weighted by Gasteiger charge is -2.22. The molecule has 1 aromatic heterocycles. The molecule has 114 valence electrons. The third-order valence-corrected chi connectivity index (χ3v) is 5.28. The lowest BCUT2D eigenvalue weighted by molar-refractivity contribution is 0.0947. The maximum atomic E-state index is 12.6. The minimum atomic E-state index is -3.51. The molecule has 0 radical (unpaired) electrons. The predicted octanol–water partition coefficient (Wildman–Crippen LogP) is 0.0314. The van der Waals surface area contributed by atoms with Gasteiger partial charge in [0.2, 0.25) is 10.0 Å². The zero-order valence-corrected chi connectivity index (χ0v) is 12.6. The molecule has 20 heavy (non-hydrogen) atoms. The number of nitrogens with two attached hydrogens (primary N) is 1. The highest BCUT2D eigenvalue weighted by molar-refractivity contribution is 7.89. The van der Waals surface area contributed by atoms with Crippen molar-refractivity contribution >= 4 is 10.0 Å². The lowest BCUT2D eigenvalue weighted by atomic mass is 10.2. The van der Waals surface area contributed by atoms with Gasteiger partial charge >= 0.3 is 0 Å².